The molecular weight excluding hydrogens is 276 g/mol. The number of aliphatic hydroxyl groups is 4. The number of carbonyl (C=O) groups excluding carboxylic acids is 1. The lowest BCUT2D eigenvalue weighted by Gasteiger charge is -2.36. The van der Waals surface area contributed by atoms with E-state index >= 15 is 0 Å². The van der Waals surface area contributed by atoms with Crippen LogP contribution in [0.1, 0.15) is 20.3 Å². The van der Waals surface area contributed by atoms with Crippen molar-refractivity contribution in [3.63, 3.8) is 0 Å². The Bertz CT molecular complexity index is 514. The van der Waals surface area contributed by atoms with Crippen molar-refractivity contribution >= 4 is 5.78 Å². The van der Waals surface area contributed by atoms with Gasteiger partial charge in [-0.05, 0) is 31.6 Å². The van der Waals surface area contributed by atoms with Gasteiger partial charge in [-0.25, -0.2) is 0 Å². The van der Waals surface area contributed by atoms with Crippen LogP contribution in [0.5, 0.6) is 0 Å². The summed E-state index contributed by atoms with van der Waals surface area (Å²) in [7, 11) is 0. The number of fused-ring (bicyclic) bond motifs is 1. The molecular formula is C15H20O6. The molecule has 0 aromatic carbocycles. The summed E-state index contributed by atoms with van der Waals surface area (Å²) in [6, 6.07) is 0. The average Bonchev–Trinajstić information content (AvgIpc) is 2.42. The molecule has 0 aromatic rings. The Hall–Kier alpha value is -1.47. The number of hydrogen-bond donors (Lipinski definition) is 4. The summed E-state index contributed by atoms with van der Waals surface area (Å²) in [4.78, 5) is 11.8. The Morgan fingerprint density at radius 3 is 2.76 bits per heavy atom. The van der Waals surface area contributed by atoms with Crippen LogP contribution in [0, 0.1) is 0 Å². The van der Waals surface area contributed by atoms with Gasteiger partial charge in [0.15, 0.2) is 11.4 Å². The second-order valence-electron chi connectivity index (χ2n) is 5.65. The van der Waals surface area contributed by atoms with E-state index < -0.39 is 35.8 Å². The molecule has 0 aromatic heterocycles. The fourth-order valence-electron chi connectivity index (χ4n) is 2.26. The monoisotopic (exact) mass is 296 g/mol. The lowest BCUT2D eigenvalue weighted by atomic mass is 9.78. The van der Waals surface area contributed by atoms with Crippen molar-refractivity contribution in [2.45, 2.75) is 50.3 Å². The molecule has 0 saturated carbocycles. The van der Waals surface area contributed by atoms with Crippen LogP contribution in [0.25, 0.3) is 0 Å². The number of aliphatic hydroxyl groups excluding tert-OH is 3. The SMILES string of the molecule is CC(O)C(O)C=C[C@@H]1CC2=CC(=O)[C@@](C)(O)[C@@H](O)C2=CO1. The second kappa shape index (κ2) is 5.73. The maximum atomic E-state index is 11.8. The highest BCUT2D eigenvalue weighted by molar-refractivity contribution is 6.00. The molecule has 0 saturated heterocycles. The number of hydrogen-bond acceptors (Lipinski definition) is 6. The predicted molar refractivity (Wildman–Crippen MR) is 74.1 cm³/mol. The molecule has 116 valence electrons. The van der Waals surface area contributed by atoms with Crippen molar-refractivity contribution in [3.05, 3.63) is 35.6 Å². The number of rotatable bonds is 3. The van der Waals surface area contributed by atoms with Gasteiger partial charge in [-0.3, -0.25) is 4.79 Å². The van der Waals surface area contributed by atoms with Gasteiger partial charge in [-0.2, -0.15) is 0 Å². The molecule has 0 amide bonds. The molecule has 1 heterocycles. The summed E-state index contributed by atoms with van der Waals surface area (Å²) in [5.74, 6) is -0.546. The summed E-state index contributed by atoms with van der Waals surface area (Å²) in [5, 5.41) is 38.7. The van der Waals surface area contributed by atoms with Gasteiger partial charge in [0.2, 0.25) is 0 Å². The zero-order valence-electron chi connectivity index (χ0n) is 11.9. The van der Waals surface area contributed by atoms with E-state index in [0.29, 0.717) is 17.6 Å². The van der Waals surface area contributed by atoms with Crippen molar-refractivity contribution in [2.75, 3.05) is 0 Å². The van der Waals surface area contributed by atoms with Gasteiger partial charge in [0.25, 0.3) is 0 Å². The third-order valence-corrected chi connectivity index (χ3v) is 3.81. The molecule has 2 rings (SSSR count). The van der Waals surface area contributed by atoms with Crippen molar-refractivity contribution < 1.29 is 30.0 Å². The van der Waals surface area contributed by atoms with E-state index in [1.165, 1.54) is 32.3 Å². The minimum absolute atomic E-state index is 0.341. The number of ether oxygens (including phenoxy) is 1. The summed E-state index contributed by atoms with van der Waals surface area (Å²) in [6.45, 7) is 2.73. The molecule has 0 radical (unpaired) electrons. The molecule has 6 heteroatoms. The lowest BCUT2D eigenvalue weighted by molar-refractivity contribution is -0.140. The second-order valence-corrected chi connectivity index (χ2v) is 5.65. The normalized spacial score (nSPS) is 35.6. The fourth-order valence-corrected chi connectivity index (χ4v) is 2.26. The highest BCUT2D eigenvalue weighted by Gasteiger charge is 2.45. The summed E-state index contributed by atoms with van der Waals surface area (Å²) in [6.07, 6.45) is 2.39. The van der Waals surface area contributed by atoms with Gasteiger partial charge in [0.1, 0.15) is 12.2 Å². The van der Waals surface area contributed by atoms with Crippen molar-refractivity contribution in [2.24, 2.45) is 0 Å². The van der Waals surface area contributed by atoms with Gasteiger partial charge in [-0.1, -0.05) is 6.08 Å². The third-order valence-electron chi connectivity index (χ3n) is 3.81. The van der Waals surface area contributed by atoms with Crippen molar-refractivity contribution in [1.82, 2.24) is 0 Å². The number of ketones is 1. The Balaban J connectivity index is 2.15. The fraction of sp³-hybridized carbons (Fsp3) is 0.533. The molecule has 21 heavy (non-hydrogen) atoms. The first kappa shape index (κ1) is 15.9. The van der Waals surface area contributed by atoms with Gasteiger partial charge in [0, 0.05) is 12.0 Å². The van der Waals surface area contributed by atoms with E-state index in [0.717, 1.165) is 0 Å². The Kier molecular flexibility index (Phi) is 4.34. The summed E-state index contributed by atoms with van der Waals surface area (Å²) >= 11 is 0. The van der Waals surface area contributed by atoms with Crippen molar-refractivity contribution in [3.8, 4) is 0 Å². The highest BCUT2D eigenvalue weighted by atomic mass is 16.5. The maximum absolute atomic E-state index is 11.8. The van der Waals surface area contributed by atoms with Gasteiger partial charge >= 0.3 is 0 Å². The van der Waals surface area contributed by atoms with Crippen LogP contribution >= 0.6 is 0 Å². The van der Waals surface area contributed by atoms with E-state index in [4.69, 9.17) is 4.74 Å². The molecule has 1 aliphatic carbocycles. The largest absolute Gasteiger partial charge is 0.493 e. The molecule has 2 unspecified atom stereocenters. The third kappa shape index (κ3) is 3.08. The van der Waals surface area contributed by atoms with E-state index in [-0.39, 0.29) is 0 Å². The van der Waals surface area contributed by atoms with Crippen LogP contribution in [0.4, 0.5) is 0 Å². The summed E-state index contributed by atoms with van der Waals surface area (Å²) in [5.41, 5.74) is -0.851. The van der Waals surface area contributed by atoms with Crippen LogP contribution in [-0.4, -0.2) is 56.2 Å². The molecule has 5 atom stereocenters. The minimum atomic E-state index is -1.84. The predicted octanol–water partition coefficient (Wildman–Crippen LogP) is -0.422. The summed E-state index contributed by atoms with van der Waals surface area (Å²) < 4.78 is 5.41. The van der Waals surface area contributed by atoms with Gasteiger partial charge in [0.05, 0.1) is 18.5 Å². The Morgan fingerprint density at radius 2 is 2.14 bits per heavy atom. The maximum Gasteiger partial charge on any atom is 0.190 e. The average molecular weight is 296 g/mol. The molecule has 0 spiro atoms. The van der Waals surface area contributed by atoms with Crippen LogP contribution in [0.3, 0.4) is 0 Å². The molecule has 0 fully saturated rings. The van der Waals surface area contributed by atoms with Gasteiger partial charge < -0.3 is 25.2 Å². The van der Waals surface area contributed by atoms with Crippen LogP contribution in [-0.2, 0) is 9.53 Å². The van der Waals surface area contributed by atoms with Gasteiger partial charge in [-0.15, -0.1) is 0 Å². The molecule has 0 bridgehead atoms. The zero-order valence-corrected chi connectivity index (χ0v) is 11.9. The van der Waals surface area contributed by atoms with E-state index in [2.05, 4.69) is 0 Å². The Morgan fingerprint density at radius 1 is 1.48 bits per heavy atom. The highest BCUT2D eigenvalue weighted by Crippen LogP contribution is 2.35. The topological polar surface area (TPSA) is 107 Å². The first-order valence-electron chi connectivity index (χ1n) is 6.79. The van der Waals surface area contributed by atoms with Crippen molar-refractivity contribution in [1.29, 1.82) is 0 Å². The zero-order chi connectivity index (χ0) is 15.8. The first-order valence-corrected chi connectivity index (χ1v) is 6.79. The first-order chi connectivity index (χ1) is 9.73. The van der Waals surface area contributed by atoms with E-state index in [1.54, 1.807) is 6.08 Å². The standard InChI is InChI=1S/C15H20O6/c1-8(16)12(17)4-3-10-5-9-6-13(18)15(2,20)14(19)11(9)7-21-10/h3-4,6-8,10,12,14,16-17,19-20H,5H2,1-2H3/t8?,10-,12?,14+,15-/m1/s1. The van der Waals surface area contributed by atoms with Crippen LogP contribution in [0.2, 0.25) is 0 Å². The molecule has 4 N–H and O–H groups in total. The number of carbonyl (C=O) groups is 1. The Labute approximate surface area is 122 Å². The van der Waals surface area contributed by atoms with Crippen LogP contribution in [0.15, 0.2) is 35.6 Å². The quantitative estimate of drug-likeness (QED) is 0.527. The van der Waals surface area contributed by atoms with E-state index in [1.807, 2.05) is 0 Å². The van der Waals surface area contributed by atoms with Crippen LogP contribution < -0.4 is 0 Å². The lowest BCUT2D eigenvalue weighted by Crippen LogP contribution is -2.50. The molecule has 2 aliphatic rings. The smallest absolute Gasteiger partial charge is 0.190 e. The molecule has 1 aliphatic heterocycles. The van der Waals surface area contributed by atoms with E-state index in [9.17, 15) is 25.2 Å². The minimum Gasteiger partial charge on any atom is -0.493 e. The molecule has 6 nitrogen and oxygen atoms in total.